The molecule has 0 radical (unpaired) electrons. The zero-order valence-corrected chi connectivity index (χ0v) is 43.5. The molecule has 3 N–H and O–H groups in total. The smallest absolute Gasteiger partial charge is 0.305 e. The van der Waals surface area contributed by atoms with Crippen LogP contribution in [0.5, 0.6) is 0 Å². The number of hydrogen-bond acceptors (Lipinski definition) is 5. The number of ether oxygens (including phenoxy) is 1. The number of rotatable bonds is 53. The number of hydrogen-bond donors (Lipinski definition) is 3. The van der Waals surface area contributed by atoms with Crippen LogP contribution in [0.4, 0.5) is 0 Å². The van der Waals surface area contributed by atoms with Crippen molar-refractivity contribution in [1.82, 2.24) is 5.32 Å². The second-order valence-corrected chi connectivity index (χ2v) is 19.6. The van der Waals surface area contributed by atoms with Crippen molar-refractivity contribution in [3.63, 3.8) is 0 Å². The molecule has 0 aromatic rings. The van der Waals surface area contributed by atoms with Crippen molar-refractivity contribution in [2.75, 3.05) is 13.2 Å². The Labute approximate surface area is 404 Å². The summed E-state index contributed by atoms with van der Waals surface area (Å²) in [6.45, 7) is 4.87. The quantitative estimate of drug-likeness (QED) is 0.0321. The van der Waals surface area contributed by atoms with Crippen LogP contribution in [0.15, 0.2) is 36.5 Å². The number of allylic oxidation sites excluding steroid dienone is 5. The summed E-state index contributed by atoms with van der Waals surface area (Å²) < 4.78 is 5.48. The van der Waals surface area contributed by atoms with Gasteiger partial charge in [-0.3, -0.25) is 9.59 Å². The van der Waals surface area contributed by atoms with Gasteiger partial charge in [0.1, 0.15) is 0 Å². The number of aliphatic hydroxyl groups is 2. The molecule has 0 saturated heterocycles. The van der Waals surface area contributed by atoms with Crippen LogP contribution in [0.2, 0.25) is 0 Å². The molecule has 6 heteroatoms. The fraction of sp³-hybridized carbons (Fsp3) is 0.864. The van der Waals surface area contributed by atoms with Gasteiger partial charge in [0.2, 0.25) is 5.91 Å². The van der Waals surface area contributed by atoms with E-state index in [9.17, 15) is 19.8 Å². The zero-order valence-electron chi connectivity index (χ0n) is 43.5. The summed E-state index contributed by atoms with van der Waals surface area (Å²) in [4.78, 5) is 24.5. The summed E-state index contributed by atoms with van der Waals surface area (Å²) in [7, 11) is 0. The molecule has 0 fully saturated rings. The Bertz CT molecular complexity index is 1060. The molecule has 0 bridgehead atoms. The van der Waals surface area contributed by atoms with E-state index in [1.54, 1.807) is 6.08 Å². The minimum atomic E-state index is -0.850. The fourth-order valence-electron chi connectivity index (χ4n) is 8.72. The van der Waals surface area contributed by atoms with E-state index in [2.05, 4.69) is 43.5 Å². The highest BCUT2D eigenvalue weighted by atomic mass is 16.5. The van der Waals surface area contributed by atoms with Crippen molar-refractivity contribution in [3.05, 3.63) is 36.5 Å². The summed E-state index contributed by atoms with van der Waals surface area (Å²) in [6, 6.07) is -0.635. The van der Waals surface area contributed by atoms with Gasteiger partial charge in [-0.15, -0.1) is 0 Å². The Morgan fingerprint density at radius 2 is 0.769 bits per heavy atom. The molecule has 0 aliphatic rings. The van der Waals surface area contributed by atoms with Crippen LogP contribution < -0.4 is 5.32 Å². The van der Waals surface area contributed by atoms with Gasteiger partial charge in [0.25, 0.3) is 0 Å². The van der Waals surface area contributed by atoms with Crippen molar-refractivity contribution in [3.8, 4) is 0 Å². The first-order valence-electron chi connectivity index (χ1n) is 28.8. The van der Waals surface area contributed by atoms with E-state index < -0.39 is 12.1 Å². The van der Waals surface area contributed by atoms with Gasteiger partial charge in [0.15, 0.2) is 0 Å². The number of nitrogens with one attached hydrogen (secondary N) is 1. The van der Waals surface area contributed by atoms with Gasteiger partial charge in [-0.05, 0) is 64.2 Å². The Morgan fingerprint density at radius 3 is 1.18 bits per heavy atom. The molecule has 0 aromatic heterocycles. The van der Waals surface area contributed by atoms with Gasteiger partial charge >= 0.3 is 5.97 Å². The lowest BCUT2D eigenvalue weighted by molar-refractivity contribution is -0.143. The third kappa shape index (κ3) is 51.3. The van der Waals surface area contributed by atoms with E-state index >= 15 is 0 Å². The van der Waals surface area contributed by atoms with E-state index in [-0.39, 0.29) is 18.5 Å². The highest BCUT2D eigenvalue weighted by Gasteiger charge is 2.18. The van der Waals surface area contributed by atoms with Crippen LogP contribution in [0.1, 0.15) is 303 Å². The summed E-state index contributed by atoms with van der Waals surface area (Å²) in [6.07, 6.45) is 67.2. The third-order valence-corrected chi connectivity index (χ3v) is 13.2. The van der Waals surface area contributed by atoms with Crippen LogP contribution in [0.25, 0.3) is 0 Å². The molecular weight excluding hydrogens is 803 g/mol. The van der Waals surface area contributed by atoms with Crippen LogP contribution in [-0.2, 0) is 14.3 Å². The number of unbranched alkanes of at least 4 members (excludes halogenated alkanes) is 38. The van der Waals surface area contributed by atoms with E-state index in [0.717, 1.165) is 64.2 Å². The first kappa shape index (κ1) is 63.1. The molecule has 0 aromatic carbocycles. The van der Waals surface area contributed by atoms with Gasteiger partial charge in [-0.2, -0.15) is 0 Å². The Kier molecular flexibility index (Phi) is 53.1. The summed E-state index contributed by atoms with van der Waals surface area (Å²) in [5.74, 6) is -0.0841. The van der Waals surface area contributed by atoms with Gasteiger partial charge in [-0.25, -0.2) is 0 Å². The van der Waals surface area contributed by atoms with Crippen molar-refractivity contribution >= 4 is 11.9 Å². The highest BCUT2D eigenvalue weighted by Crippen LogP contribution is 2.16. The molecule has 1 amide bonds. The van der Waals surface area contributed by atoms with Crippen molar-refractivity contribution in [2.45, 2.75) is 315 Å². The molecule has 0 spiro atoms. The number of carbonyl (C=O) groups is 2. The zero-order chi connectivity index (χ0) is 47.2. The van der Waals surface area contributed by atoms with E-state index in [0.29, 0.717) is 19.4 Å². The van der Waals surface area contributed by atoms with Crippen LogP contribution in [-0.4, -0.2) is 47.4 Å². The second kappa shape index (κ2) is 54.7. The first-order valence-corrected chi connectivity index (χ1v) is 28.8. The molecule has 0 aliphatic heterocycles. The maximum atomic E-state index is 12.4. The average Bonchev–Trinajstić information content (AvgIpc) is 3.31. The molecule has 2 unspecified atom stereocenters. The van der Waals surface area contributed by atoms with Crippen LogP contribution in [0, 0.1) is 0 Å². The van der Waals surface area contributed by atoms with Crippen molar-refractivity contribution < 1.29 is 24.5 Å². The topological polar surface area (TPSA) is 95.9 Å². The van der Waals surface area contributed by atoms with Gasteiger partial charge < -0.3 is 20.3 Å². The summed E-state index contributed by atoms with van der Waals surface area (Å²) in [5, 5.41) is 23.1. The molecule has 2 atom stereocenters. The minimum Gasteiger partial charge on any atom is -0.466 e. The van der Waals surface area contributed by atoms with E-state index in [4.69, 9.17) is 4.74 Å². The third-order valence-electron chi connectivity index (χ3n) is 13.2. The molecule has 382 valence electrons. The van der Waals surface area contributed by atoms with Gasteiger partial charge in [0, 0.05) is 12.8 Å². The van der Waals surface area contributed by atoms with Crippen LogP contribution in [0.3, 0.4) is 0 Å². The maximum absolute atomic E-state index is 12.4. The minimum absolute atomic E-state index is 0.00790. The lowest BCUT2D eigenvalue weighted by atomic mass is 10.0. The Balaban J connectivity index is 3.46. The maximum Gasteiger partial charge on any atom is 0.305 e. The lowest BCUT2D eigenvalue weighted by Crippen LogP contribution is -2.45. The summed E-state index contributed by atoms with van der Waals surface area (Å²) in [5.41, 5.74) is 0. The van der Waals surface area contributed by atoms with Crippen LogP contribution >= 0.6 is 0 Å². The molecule has 0 aliphatic carbocycles. The number of aliphatic hydroxyl groups excluding tert-OH is 2. The molecular formula is C59H111NO5. The second-order valence-electron chi connectivity index (χ2n) is 19.6. The molecule has 0 saturated carbocycles. The Hall–Kier alpha value is -1.92. The predicted molar refractivity (Wildman–Crippen MR) is 283 cm³/mol. The Morgan fingerprint density at radius 1 is 0.431 bits per heavy atom. The SMILES string of the molecule is CCCCCC/C=C\C/C=C\CCCCCCCCCC(=O)OCCCCCCCCCCCCCCCCCC(=O)NC(CO)C(O)/C=C/CCCCCCCCCCCCCCC. The van der Waals surface area contributed by atoms with Gasteiger partial charge in [0.05, 0.1) is 25.4 Å². The lowest BCUT2D eigenvalue weighted by Gasteiger charge is -2.20. The average molecular weight is 915 g/mol. The van der Waals surface area contributed by atoms with E-state index in [1.807, 2.05) is 6.08 Å². The number of esters is 1. The normalized spacial score (nSPS) is 12.9. The molecule has 65 heavy (non-hydrogen) atoms. The monoisotopic (exact) mass is 914 g/mol. The first-order chi connectivity index (χ1) is 32.0. The molecule has 0 heterocycles. The van der Waals surface area contributed by atoms with Crippen molar-refractivity contribution in [2.24, 2.45) is 0 Å². The highest BCUT2D eigenvalue weighted by molar-refractivity contribution is 5.76. The van der Waals surface area contributed by atoms with Crippen molar-refractivity contribution in [1.29, 1.82) is 0 Å². The standard InChI is InChI=1S/C59H111NO5/c1-3-5-7-9-11-13-15-17-19-20-21-25-29-33-37-41-45-49-53-59(64)65-54-50-46-42-38-34-30-26-22-24-28-32-36-40-44-48-52-58(63)60-56(55-61)57(62)51-47-43-39-35-31-27-23-18-16-14-12-10-8-6-4-2/h13,15,19-20,47,51,56-57,61-62H,3-12,14,16-18,21-46,48-50,52-55H2,1-2H3,(H,60,63)/b15-13-,20-19-,51-47+. The molecule has 0 rings (SSSR count). The number of carbonyl (C=O) groups excluding carboxylic acids is 2. The largest absolute Gasteiger partial charge is 0.466 e. The van der Waals surface area contributed by atoms with E-state index in [1.165, 1.54) is 212 Å². The predicted octanol–water partition coefficient (Wildman–Crippen LogP) is 17.6. The van der Waals surface area contributed by atoms with Gasteiger partial charge in [-0.1, -0.05) is 262 Å². The molecule has 6 nitrogen and oxygen atoms in total. The fourth-order valence-corrected chi connectivity index (χ4v) is 8.72. The summed E-state index contributed by atoms with van der Waals surface area (Å²) >= 11 is 0. The number of amides is 1.